The van der Waals surface area contributed by atoms with Gasteiger partial charge in [-0.05, 0) is 71.5 Å². The standard InChI is InChI=1S/C14H12ClIN2O/c1-8-6-10(17)3-5-13(8)18-14(19)11-7-9(15)2-4-12(11)16/h2-7H,17H2,1H3,(H,18,19). The largest absolute Gasteiger partial charge is 0.399 e. The van der Waals surface area contributed by atoms with Crippen LogP contribution in [0.5, 0.6) is 0 Å². The molecule has 0 aliphatic heterocycles. The molecule has 0 bridgehead atoms. The molecule has 19 heavy (non-hydrogen) atoms. The zero-order valence-electron chi connectivity index (χ0n) is 10.2. The van der Waals surface area contributed by atoms with Crippen LogP contribution in [0.3, 0.4) is 0 Å². The van der Waals surface area contributed by atoms with Gasteiger partial charge >= 0.3 is 0 Å². The number of aryl methyl sites for hydroxylation is 1. The predicted octanol–water partition coefficient (Wildman–Crippen LogP) is 4.09. The highest BCUT2D eigenvalue weighted by molar-refractivity contribution is 14.1. The van der Waals surface area contributed by atoms with Crippen LogP contribution in [0.25, 0.3) is 0 Å². The maximum Gasteiger partial charge on any atom is 0.256 e. The maximum atomic E-state index is 12.2. The number of carbonyl (C=O) groups is 1. The Bertz CT molecular complexity index is 643. The molecule has 2 aromatic rings. The fourth-order valence-electron chi connectivity index (χ4n) is 1.69. The first-order valence-electron chi connectivity index (χ1n) is 5.60. The third-order valence-electron chi connectivity index (χ3n) is 2.67. The second-order valence-corrected chi connectivity index (χ2v) is 5.75. The molecule has 3 nitrogen and oxygen atoms in total. The number of nitrogen functional groups attached to an aromatic ring is 1. The number of halogens is 2. The van der Waals surface area contributed by atoms with E-state index in [9.17, 15) is 4.79 Å². The highest BCUT2D eigenvalue weighted by atomic mass is 127. The van der Waals surface area contributed by atoms with Crippen LogP contribution in [0.2, 0.25) is 5.02 Å². The molecule has 0 fully saturated rings. The van der Waals surface area contributed by atoms with Crippen molar-refractivity contribution in [3.63, 3.8) is 0 Å². The Morgan fingerprint density at radius 2 is 2.00 bits per heavy atom. The lowest BCUT2D eigenvalue weighted by molar-refractivity contribution is 0.102. The Balaban J connectivity index is 2.28. The SMILES string of the molecule is Cc1cc(N)ccc1NC(=O)c1cc(Cl)ccc1I. The Morgan fingerprint density at radius 1 is 1.26 bits per heavy atom. The number of anilines is 2. The van der Waals surface area contributed by atoms with Gasteiger partial charge < -0.3 is 11.1 Å². The van der Waals surface area contributed by atoms with Crippen molar-refractivity contribution in [3.8, 4) is 0 Å². The van der Waals surface area contributed by atoms with Gasteiger partial charge in [-0.15, -0.1) is 0 Å². The van der Waals surface area contributed by atoms with Gasteiger partial charge in [-0.25, -0.2) is 0 Å². The summed E-state index contributed by atoms with van der Waals surface area (Å²) in [5.74, 6) is -0.181. The van der Waals surface area contributed by atoms with E-state index in [1.807, 2.05) is 19.1 Å². The Labute approximate surface area is 130 Å². The molecule has 2 rings (SSSR count). The van der Waals surface area contributed by atoms with E-state index in [1.54, 1.807) is 24.3 Å². The number of rotatable bonds is 2. The van der Waals surface area contributed by atoms with E-state index >= 15 is 0 Å². The second-order valence-electron chi connectivity index (χ2n) is 4.15. The lowest BCUT2D eigenvalue weighted by atomic mass is 10.1. The molecule has 0 heterocycles. The molecule has 0 saturated heterocycles. The Hall–Kier alpha value is -1.27. The quantitative estimate of drug-likeness (QED) is 0.603. The molecule has 0 radical (unpaired) electrons. The van der Waals surface area contributed by atoms with Gasteiger partial charge in [-0.2, -0.15) is 0 Å². The van der Waals surface area contributed by atoms with E-state index in [2.05, 4.69) is 27.9 Å². The molecule has 0 aliphatic carbocycles. The van der Waals surface area contributed by atoms with Gasteiger partial charge in [-0.3, -0.25) is 4.79 Å². The highest BCUT2D eigenvalue weighted by Crippen LogP contribution is 2.22. The molecular formula is C14H12ClIN2O. The lowest BCUT2D eigenvalue weighted by Crippen LogP contribution is -2.14. The number of carbonyl (C=O) groups excluding carboxylic acids is 1. The summed E-state index contributed by atoms with van der Waals surface area (Å²) in [6, 6.07) is 10.6. The first kappa shape index (κ1) is 14.1. The number of benzene rings is 2. The van der Waals surface area contributed by atoms with Crippen LogP contribution in [0.1, 0.15) is 15.9 Å². The Kier molecular flexibility index (Phi) is 4.31. The minimum atomic E-state index is -0.181. The topological polar surface area (TPSA) is 55.1 Å². The second kappa shape index (κ2) is 5.79. The molecule has 98 valence electrons. The van der Waals surface area contributed by atoms with E-state index in [0.717, 1.165) is 14.8 Å². The molecule has 0 spiro atoms. The minimum absolute atomic E-state index is 0.181. The normalized spacial score (nSPS) is 10.3. The number of hydrogen-bond donors (Lipinski definition) is 2. The summed E-state index contributed by atoms with van der Waals surface area (Å²) in [5, 5.41) is 3.41. The van der Waals surface area contributed by atoms with Gasteiger partial charge in [0.05, 0.1) is 5.56 Å². The van der Waals surface area contributed by atoms with Gasteiger partial charge in [-0.1, -0.05) is 11.6 Å². The summed E-state index contributed by atoms with van der Waals surface area (Å²) in [5.41, 5.74) is 8.58. The van der Waals surface area contributed by atoms with E-state index in [0.29, 0.717) is 16.3 Å². The van der Waals surface area contributed by atoms with Gasteiger partial charge in [0.25, 0.3) is 5.91 Å². The lowest BCUT2D eigenvalue weighted by Gasteiger charge is -2.10. The fraction of sp³-hybridized carbons (Fsp3) is 0.0714. The first-order valence-corrected chi connectivity index (χ1v) is 7.05. The number of nitrogens with two attached hydrogens (primary N) is 1. The van der Waals surface area contributed by atoms with E-state index in [4.69, 9.17) is 17.3 Å². The van der Waals surface area contributed by atoms with Crippen molar-refractivity contribution in [2.45, 2.75) is 6.92 Å². The number of hydrogen-bond acceptors (Lipinski definition) is 2. The zero-order chi connectivity index (χ0) is 14.0. The van der Waals surface area contributed by atoms with Crippen molar-refractivity contribution < 1.29 is 4.79 Å². The highest BCUT2D eigenvalue weighted by Gasteiger charge is 2.12. The molecule has 0 atom stereocenters. The minimum Gasteiger partial charge on any atom is -0.399 e. The van der Waals surface area contributed by atoms with Crippen LogP contribution in [0, 0.1) is 10.5 Å². The summed E-state index contributed by atoms with van der Waals surface area (Å²) in [7, 11) is 0. The molecule has 0 unspecified atom stereocenters. The number of amides is 1. The molecule has 3 N–H and O–H groups in total. The fourth-order valence-corrected chi connectivity index (χ4v) is 2.44. The molecule has 0 saturated carbocycles. The van der Waals surface area contributed by atoms with E-state index in [1.165, 1.54) is 0 Å². The smallest absolute Gasteiger partial charge is 0.256 e. The van der Waals surface area contributed by atoms with E-state index < -0.39 is 0 Å². The predicted molar refractivity (Wildman–Crippen MR) is 87.7 cm³/mol. The van der Waals surface area contributed by atoms with Crippen LogP contribution >= 0.6 is 34.2 Å². The van der Waals surface area contributed by atoms with Gasteiger partial charge in [0, 0.05) is 20.0 Å². The average molecular weight is 387 g/mol. The summed E-state index contributed by atoms with van der Waals surface area (Å²) >= 11 is 8.03. The van der Waals surface area contributed by atoms with Crippen LogP contribution in [-0.4, -0.2) is 5.91 Å². The molecular weight excluding hydrogens is 375 g/mol. The summed E-state index contributed by atoms with van der Waals surface area (Å²) < 4.78 is 0.854. The van der Waals surface area contributed by atoms with Crippen molar-refractivity contribution in [1.82, 2.24) is 0 Å². The van der Waals surface area contributed by atoms with Crippen molar-refractivity contribution in [3.05, 3.63) is 56.1 Å². The van der Waals surface area contributed by atoms with Crippen molar-refractivity contribution >= 4 is 51.5 Å². The van der Waals surface area contributed by atoms with E-state index in [-0.39, 0.29) is 5.91 Å². The van der Waals surface area contributed by atoms with Gasteiger partial charge in [0.1, 0.15) is 0 Å². The van der Waals surface area contributed by atoms with Gasteiger partial charge in [0.2, 0.25) is 0 Å². The Morgan fingerprint density at radius 3 is 2.68 bits per heavy atom. The first-order chi connectivity index (χ1) is 8.97. The number of nitrogens with one attached hydrogen (secondary N) is 1. The summed E-state index contributed by atoms with van der Waals surface area (Å²) in [6.07, 6.45) is 0. The van der Waals surface area contributed by atoms with Crippen molar-refractivity contribution in [1.29, 1.82) is 0 Å². The summed E-state index contributed by atoms with van der Waals surface area (Å²) in [6.45, 7) is 1.90. The van der Waals surface area contributed by atoms with Crippen LogP contribution in [0.15, 0.2) is 36.4 Å². The summed E-state index contributed by atoms with van der Waals surface area (Å²) in [4.78, 5) is 12.2. The third-order valence-corrected chi connectivity index (χ3v) is 3.85. The molecule has 5 heteroatoms. The van der Waals surface area contributed by atoms with Crippen LogP contribution < -0.4 is 11.1 Å². The molecule has 1 amide bonds. The van der Waals surface area contributed by atoms with Crippen molar-refractivity contribution in [2.24, 2.45) is 0 Å². The molecule has 0 aromatic heterocycles. The zero-order valence-corrected chi connectivity index (χ0v) is 13.1. The monoisotopic (exact) mass is 386 g/mol. The maximum absolute atomic E-state index is 12.2. The van der Waals surface area contributed by atoms with Crippen molar-refractivity contribution in [2.75, 3.05) is 11.1 Å². The molecule has 0 aliphatic rings. The average Bonchev–Trinajstić information content (AvgIpc) is 2.35. The van der Waals surface area contributed by atoms with Crippen LogP contribution in [0.4, 0.5) is 11.4 Å². The third kappa shape index (κ3) is 3.39. The van der Waals surface area contributed by atoms with Gasteiger partial charge in [0.15, 0.2) is 0 Å². The molecule has 2 aromatic carbocycles. The van der Waals surface area contributed by atoms with Crippen LogP contribution in [-0.2, 0) is 0 Å².